The molecule has 0 aromatic heterocycles. The van der Waals surface area contributed by atoms with Crippen LogP contribution in [0.1, 0.15) is 26.7 Å². The van der Waals surface area contributed by atoms with Crippen LogP contribution in [0, 0.1) is 6.07 Å². The van der Waals surface area contributed by atoms with Crippen LogP contribution < -0.4 is 5.32 Å². The molecular weight excluding hydrogens is 146 g/mol. The van der Waals surface area contributed by atoms with Crippen LogP contribution in [0.15, 0.2) is 24.3 Å². The molecule has 0 aliphatic heterocycles. The minimum Gasteiger partial charge on any atom is -0.382 e. The monoisotopic (exact) mass is 162 g/mol. The highest BCUT2D eigenvalue weighted by molar-refractivity contribution is 5.42. The molecule has 65 valence electrons. The summed E-state index contributed by atoms with van der Waals surface area (Å²) in [4.78, 5) is 0. The van der Waals surface area contributed by atoms with Crippen LogP contribution in [0.4, 0.5) is 5.69 Å². The zero-order valence-corrected chi connectivity index (χ0v) is 7.80. The Kier molecular flexibility index (Phi) is 3.65. The van der Waals surface area contributed by atoms with E-state index in [4.69, 9.17) is 0 Å². The average molecular weight is 162 g/mol. The molecule has 0 aliphatic carbocycles. The molecule has 0 saturated heterocycles. The van der Waals surface area contributed by atoms with Gasteiger partial charge in [-0.15, -0.1) is 0 Å². The van der Waals surface area contributed by atoms with Crippen LogP contribution in [0.25, 0.3) is 0 Å². The quantitative estimate of drug-likeness (QED) is 0.717. The van der Waals surface area contributed by atoms with E-state index in [2.05, 4.69) is 37.4 Å². The summed E-state index contributed by atoms with van der Waals surface area (Å²) < 4.78 is 0. The zero-order valence-electron chi connectivity index (χ0n) is 7.80. The molecule has 0 atom stereocenters. The van der Waals surface area contributed by atoms with Crippen LogP contribution in [-0.2, 0) is 0 Å². The zero-order chi connectivity index (χ0) is 8.81. The fourth-order valence-electron chi connectivity index (χ4n) is 1.21. The molecule has 1 N–H and O–H groups in total. The summed E-state index contributed by atoms with van der Waals surface area (Å²) >= 11 is 0. The highest BCUT2D eigenvalue weighted by Crippen LogP contribution is 2.09. The summed E-state index contributed by atoms with van der Waals surface area (Å²) in [6.07, 6.45) is 2.35. The molecule has 0 unspecified atom stereocenters. The van der Waals surface area contributed by atoms with E-state index in [1.807, 2.05) is 12.1 Å². The van der Waals surface area contributed by atoms with Crippen molar-refractivity contribution in [2.45, 2.75) is 32.7 Å². The Morgan fingerprint density at radius 2 is 1.83 bits per heavy atom. The molecule has 1 heteroatoms. The van der Waals surface area contributed by atoms with Crippen molar-refractivity contribution in [1.82, 2.24) is 0 Å². The van der Waals surface area contributed by atoms with Crippen LogP contribution in [0.2, 0.25) is 0 Å². The van der Waals surface area contributed by atoms with E-state index >= 15 is 0 Å². The lowest BCUT2D eigenvalue weighted by atomic mass is 10.1. The Balaban J connectivity index is 2.51. The molecular formula is C11H16N. The SMILES string of the molecule is CCC(CC)Nc1cc[c]cc1. The number of hydrogen-bond donors (Lipinski definition) is 1. The number of rotatable bonds is 4. The maximum absolute atomic E-state index is 3.46. The molecule has 0 saturated carbocycles. The fraction of sp³-hybridized carbons (Fsp3) is 0.455. The summed E-state index contributed by atoms with van der Waals surface area (Å²) in [5, 5.41) is 3.46. The largest absolute Gasteiger partial charge is 0.382 e. The van der Waals surface area contributed by atoms with Gasteiger partial charge in [0.25, 0.3) is 0 Å². The van der Waals surface area contributed by atoms with Gasteiger partial charge in [-0.05, 0) is 31.0 Å². The van der Waals surface area contributed by atoms with Crippen LogP contribution >= 0.6 is 0 Å². The van der Waals surface area contributed by atoms with Gasteiger partial charge < -0.3 is 5.32 Å². The second-order valence-corrected chi connectivity index (χ2v) is 2.95. The summed E-state index contributed by atoms with van der Waals surface area (Å²) in [5.41, 5.74) is 1.20. The first-order valence-corrected chi connectivity index (χ1v) is 4.59. The molecule has 1 nitrogen and oxygen atoms in total. The van der Waals surface area contributed by atoms with Crippen molar-refractivity contribution in [2.75, 3.05) is 5.32 Å². The smallest absolute Gasteiger partial charge is 0.0342 e. The Morgan fingerprint density at radius 1 is 1.25 bits per heavy atom. The summed E-state index contributed by atoms with van der Waals surface area (Å²) in [7, 11) is 0. The Bertz CT molecular complexity index is 202. The van der Waals surface area contributed by atoms with Crippen molar-refractivity contribution in [2.24, 2.45) is 0 Å². The molecule has 0 aliphatic rings. The maximum Gasteiger partial charge on any atom is 0.0342 e. The second-order valence-electron chi connectivity index (χ2n) is 2.95. The lowest BCUT2D eigenvalue weighted by Crippen LogP contribution is -2.16. The topological polar surface area (TPSA) is 12.0 Å². The molecule has 0 heterocycles. The van der Waals surface area contributed by atoms with E-state index in [1.165, 1.54) is 18.5 Å². The first kappa shape index (κ1) is 9.11. The van der Waals surface area contributed by atoms with Gasteiger partial charge in [0.05, 0.1) is 0 Å². The van der Waals surface area contributed by atoms with Gasteiger partial charge in [-0.3, -0.25) is 0 Å². The normalized spacial score (nSPS) is 10.2. The van der Waals surface area contributed by atoms with Gasteiger partial charge in [-0.25, -0.2) is 0 Å². The lowest BCUT2D eigenvalue weighted by Gasteiger charge is -2.15. The third-order valence-electron chi connectivity index (χ3n) is 2.07. The van der Waals surface area contributed by atoms with E-state index in [0.29, 0.717) is 6.04 Å². The molecule has 12 heavy (non-hydrogen) atoms. The molecule has 1 rings (SSSR count). The lowest BCUT2D eigenvalue weighted by molar-refractivity contribution is 0.672. The summed E-state index contributed by atoms with van der Waals surface area (Å²) in [6.45, 7) is 4.41. The van der Waals surface area contributed by atoms with E-state index < -0.39 is 0 Å². The molecule has 0 fully saturated rings. The van der Waals surface area contributed by atoms with Crippen LogP contribution in [0.3, 0.4) is 0 Å². The van der Waals surface area contributed by atoms with Crippen molar-refractivity contribution in [1.29, 1.82) is 0 Å². The van der Waals surface area contributed by atoms with Gasteiger partial charge in [-0.2, -0.15) is 0 Å². The Hall–Kier alpha value is -0.980. The molecule has 0 bridgehead atoms. The van der Waals surface area contributed by atoms with Crippen molar-refractivity contribution < 1.29 is 0 Å². The van der Waals surface area contributed by atoms with Gasteiger partial charge in [0.1, 0.15) is 0 Å². The van der Waals surface area contributed by atoms with Gasteiger partial charge in [0, 0.05) is 11.7 Å². The van der Waals surface area contributed by atoms with Crippen LogP contribution in [0.5, 0.6) is 0 Å². The minimum absolute atomic E-state index is 0.604. The molecule has 0 amide bonds. The molecule has 1 aromatic carbocycles. The van der Waals surface area contributed by atoms with E-state index in [1.54, 1.807) is 0 Å². The highest BCUT2D eigenvalue weighted by atomic mass is 14.9. The van der Waals surface area contributed by atoms with Gasteiger partial charge in [-0.1, -0.05) is 26.0 Å². The first-order valence-electron chi connectivity index (χ1n) is 4.59. The van der Waals surface area contributed by atoms with E-state index in [9.17, 15) is 0 Å². The first-order chi connectivity index (χ1) is 5.86. The van der Waals surface area contributed by atoms with E-state index in [0.717, 1.165) is 0 Å². The van der Waals surface area contributed by atoms with Crippen molar-refractivity contribution in [3.63, 3.8) is 0 Å². The predicted octanol–water partition coefficient (Wildman–Crippen LogP) is 3.09. The Labute approximate surface area is 74.8 Å². The minimum atomic E-state index is 0.604. The van der Waals surface area contributed by atoms with Crippen molar-refractivity contribution in [3.8, 4) is 0 Å². The number of nitrogens with one attached hydrogen (secondary N) is 1. The summed E-state index contributed by atoms with van der Waals surface area (Å²) in [6, 6.07) is 11.6. The van der Waals surface area contributed by atoms with Crippen molar-refractivity contribution in [3.05, 3.63) is 30.3 Å². The second kappa shape index (κ2) is 4.81. The van der Waals surface area contributed by atoms with Gasteiger partial charge >= 0.3 is 0 Å². The van der Waals surface area contributed by atoms with E-state index in [-0.39, 0.29) is 0 Å². The van der Waals surface area contributed by atoms with Crippen LogP contribution in [-0.4, -0.2) is 6.04 Å². The highest BCUT2D eigenvalue weighted by Gasteiger charge is 2.00. The molecule has 1 radical (unpaired) electrons. The predicted molar refractivity (Wildman–Crippen MR) is 53.3 cm³/mol. The maximum atomic E-state index is 3.46. The molecule has 0 spiro atoms. The Morgan fingerprint density at radius 3 is 2.33 bits per heavy atom. The fourth-order valence-corrected chi connectivity index (χ4v) is 1.21. The standard InChI is InChI=1S/C11H16N/c1-3-10(4-2)12-11-8-6-5-7-9-11/h6-10,12H,3-4H2,1-2H3. The summed E-state index contributed by atoms with van der Waals surface area (Å²) in [5.74, 6) is 0. The number of hydrogen-bond acceptors (Lipinski definition) is 1. The molecule has 1 aromatic rings. The number of anilines is 1. The average Bonchev–Trinajstić information content (AvgIpc) is 2.16. The third kappa shape index (κ3) is 2.57. The van der Waals surface area contributed by atoms with Gasteiger partial charge in [0.15, 0.2) is 0 Å². The number of benzene rings is 1. The van der Waals surface area contributed by atoms with Crippen molar-refractivity contribution >= 4 is 5.69 Å². The third-order valence-corrected chi connectivity index (χ3v) is 2.07. The van der Waals surface area contributed by atoms with Gasteiger partial charge in [0.2, 0.25) is 0 Å².